The van der Waals surface area contributed by atoms with E-state index in [0.29, 0.717) is 23.0 Å². The van der Waals surface area contributed by atoms with Gasteiger partial charge >= 0.3 is 5.97 Å². The predicted molar refractivity (Wildman–Crippen MR) is 67.5 cm³/mol. The maximum Gasteiger partial charge on any atom is 0.345 e. The molecule has 1 aliphatic rings. The van der Waals surface area contributed by atoms with E-state index in [1.807, 2.05) is 0 Å². The number of carboxylic acid groups (broad SMARTS) is 1. The van der Waals surface area contributed by atoms with E-state index in [4.69, 9.17) is 37.8 Å². The Balaban J connectivity index is 2.06. The van der Waals surface area contributed by atoms with Crippen LogP contribution in [0.1, 0.15) is 5.56 Å². The Labute approximate surface area is 114 Å². The van der Waals surface area contributed by atoms with Crippen LogP contribution in [0.5, 0.6) is 11.5 Å². The van der Waals surface area contributed by atoms with E-state index in [9.17, 15) is 4.79 Å². The van der Waals surface area contributed by atoms with E-state index in [1.54, 1.807) is 18.2 Å². The molecule has 0 radical (unpaired) electrons. The highest BCUT2D eigenvalue weighted by Gasteiger charge is 2.28. The summed E-state index contributed by atoms with van der Waals surface area (Å²) in [6.07, 6.45) is -0.450. The Morgan fingerprint density at radius 1 is 1.61 bits per heavy atom. The third-order valence-corrected chi connectivity index (χ3v) is 3.08. The van der Waals surface area contributed by atoms with Crippen LogP contribution in [0.2, 0.25) is 0 Å². The summed E-state index contributed by atoms with van der Waals surface area (Å²) in [4.78, 5) is 10.8. The number of carbonyl (C=O) groups is 1. The highest BCUT2D eigenvalue weighted by Crippen LogP contribution is 2.32. The summed E-state index contributed by atoms with van der Waals surface area (Å²) < 4.78 is 10.7. The lowest BCUT2D eigenvalue weighted by Crippen LogP contribution is -2.24. The molecule has 0 saturated carbocycles. The second-order valence-corrected chi connectivity index (χ2v) is 4.47. The Kier molecular flexibility index (Phi) is 3.99. The van der Waals surface area contributed by atoms with Crippen LogP contribution < -0.4 is 9.47 Å². The lowest BCUT2D eigenvalue weighted by molar-refractivity contribution is -0.144. The summed E-state index contributed by atoms with van der Waals surface area (Å²) in [5, 5.41) is 9.24. The summed E-state index contributed by atoms with van der Waals surface area (Å²) in [5.41, 5.74) is 2.08. The number of benzene rings is 1. The first kappa shape index (κ1) is 13.1. The predicted octanol–water partition coefficient (Wildman–Crippen LogP) is 2.77. The molecule has 1 N–H and O–H groups in total. The molecule has 0 bridgehead atoms. The zero-order chi connectivity index (χ0) is 13.1. The van der Waals surface area contributed by atoms with Gasteiger partial charge in [-0.2, -0.15) is 0 Å². The molecule has 18 heavy (non-hydrogen) atoms. The van der Waals surface area contributed by atoms with Crippen molar-refractivity contribution in [2.45, 2.75) is 12.5 Å². The van der Waals surface area contributed by atoms with Gasteiger partial charge in [0.15, 0.2) is 6.10 Å². The van der Waals surface area contributed by atoms with Gasteiger partial charge < -0.3 is 14.6 Å². The fourth-order valence-electron chi connectivity index (χ4n) is 1.62. The Bertz CT molecular complexity index is 499. The van der Waals surface area contributed by atoms with E-state index in [2.05, 4.69) is 0 Å². The molecule has 1 aromatic rings. The summed E-state index contributed by atoms with van der Waals surface area (Å²) >= 11 is 11.1. The second-order valence-electron chi connectivity index (χ2n) is 3.76. The van der Waals surface area contributed by atoms with Crippen LogP contribution in [-0.4, -0.2) is 23.8 Å². The monoisotopic (exact) mass is 288 g/mol. The first-order valence-corrected chi connectivity index (χ1v) is 6.01. The average molecular weight is 289 g/mol. The van der Waals surface area contributed by atoms with Crippen LogP contribution in [0, 0.1) is 0 Å². The molecule has 1 atom stereocenters. The van der Waals surface area contributed by atoms with Crippen LogP contribution in [0.15, 0.2) is 28.8 Å². The average Bonchev–Trinajstić information content (AvgIpc) is 2.79. The maximum atomic E-state index is 10.8. The van der Waals surface area contributed by atoms with Gasteiger partial charge in [-0.05, 0) is 11.6 Å². The van der Waals surface area contributed by atoms with Crippen molar-refractivity contribution in [1.82, 2.24) is 0 Å². The van der Waals surface area contributed by atoms with Gasteiger partial charge in [0, 0.05) is 18.0 Å². The molecule has 0 aliphatic carbocycles. The summed E-state index contributed by atoms with van der Waals surface area (Å²) in [6.45, 7) is 0.159. The molecule has 1 aliphatic heterocycles. The Morgan fingerprint density at radius 2 is 2.39 bits per heavy atom. The minimum atomic E-state index is -0.971. The molecule has 96 valence electrons. The van der Waals surface area contributed by atoms with Crippen LogP contribution >= 0.6 is 23.2 Å². The smallest absolute Gasteiger partial charge is 0.345 e. The van der Waals surface area contributed by atoms with Crippen LogP contribution in [0.3, 0.4) is 0 Å². The molecule has 6 heteroatoms. The molecule has 2 rings (SSSR count). The van der Waals surface area contributed by atoms with E-state index in [-0.39, 0.29) is 6.61 Å². The SMILES string of the molecule is O=C(O)C1Cc2ccc(OC/C(Cl)=C/Cl)cc2O1. The van der Waals surface area contributed by atoms with Crippen molar-refractivity contribution >= 4 is 29.2 Å². The van der Waals surface area contributed by atoms with Crippen molar-refractivity contribution in [2.75, 3.05) is 6.61 Å². The van der Waals surface area contributed by atoms with E-state index in [1.165, 1.54) is 5.54 Å². The number of halogens is 2. The van der Waals surface area contributed by atoms with Gasteiger partial charge in [0.2, 0.25) is 0 Å². The van der Waals surface area contributed by atoms with Gasteiger partial charge in [0.1, 0.15) is 18.1 Å². The number of hydrogen-bond acceptors (Lipinski definition) is 3. The first-order chi connectivity index (χ1) is 8.60. The van der Waals surface area contributed by atoms with Crippen LogP contribution in [0.25, 0.3) is 0 Å². The zero-order valence-corrected chi connectivity index (χ0v) is 10.7. The van der Waals surface area contributed by atoms with Gasteiger partial charge in [-0.3, -0.25) is 0 Å². The minimum absolute atomic E-state index is 0.159. The third-order valence-electron chi connectivity index (χ3n) is 2.48. The standard InChI is InChI=1S/C12H10Cl2O4/c13-5-8(14)6-17-9-2-1-7-3-11(12(15)16)18-10(7)4-9/h1-2,4-5,11H,3,6H2,(H,15,16)/b8-5-. The fraction of sp³-hybridized carbons (Fsp3) is 0.250. The fourth-order valence-corrected chi connectivity index (χ4v) is 1.74. The lowest BCUT2D eigenvalue weighted by Gasteiger charge is -2.07. The topological polar surface area (TPSA) is 55.8 Å². The summed E-state index contributed by atoms with van der Waals surface area (Å²) in [7, 11) is 0. The largest absolute Gasteiger partial charge is 0.488 e. The number of hydrogen-bond donors (Lipinski definition) is 1. The van der Waals surface area contributed by atoms with Crippen LogP contribution in [0.4, 0.5) is 0 Å². The van der Waals surface area contributed by atoms with E-state index < -0.39 is 12.1 Å². The van der Waals surface area contributed by atoms with Crippen molar-refractivity contribution in [2.24, 2.45) is 0 Å². The number of carboxylic acids is 1. The van der Waals surface area contributed by atoms with Crippen molar-refractivity contribution in [3.05, 3.63) is 34.3 Å². The number of fused-ring (bicyclic) bond motifs is 1. The normalized spacial score (nSPS) is 18.1. The molecular weight excluding hydrogens is 279 g/mol. The minimum Gasteiger partial charge on any atom is -0.488 e. The van der Waals surface area contributed by atoms with Crippen molar-refractivity contribution < 1.29 is 19.4 Å². The summed E-state index contributed by atoms with van der Waals surface area (Å²) in [6, 6.07) is 5.17. The Hall–Kier alpha value is -1.39. The molecule has 1 heterocycles. The summed E-state index contributed by atoms with van der Waals surface area (Å²) in [5.74, 6) is 0.115. The van der Waals surface area contributed by atoms with Crippen molar-refractivity contribution in [3.63, 3.8) is 0 Å². The maximum absolute atomic E-state index is 10.8. The molecule has 0 saturated heterocycles. The molecule has 0 fully saturated rings. The number of ether oxygens (including phenoxy) is 2. The van der Waals surface area contributed by atoms with Crippen molar-refractivity contribution in [3.8, 4) is 11.5 Å². The zero-order valence-electron chi connectivity index (χ0n) is 9.23. The van der Waals surface area contributed by atoms with E-state index >= 15 is 0 Å². The molecule has 0 aromatic heterocycles. The number of aliphatic carboxylic acids is 1. The molecular formula is C12H10Cl2O4. The van der Waals surface area contributed by atoms with Gasteiger partial charge in [0.25, 0.3) is 0 Å². The van der Waals surface area contributed by atoms with Gasteiger partial charge in [0.05, 0.1) is 5.03 Å². The first-order valence-electron chi connectivity index (χ1n) is 5.20. The van der Waals surface area contributed by atoms with Crippen LogP contribution in [-0.2, 0) is 11.2 Å². The lowest BCUT2D eigenvalue weighted by atomic mass is 10.1. The Morgan fingerprint density at radius 3 is 3.06 bits per heavy atom. The molecule has 0 amide bonds. The molecule has 1 aromatic carbocycles. The van der Waals surface area contributed by atoms with Gasteiger partial charge in [-0.1, -0.05) is 29.3 Å². The molecule has 4 nitrogen and oxygen atoms in total. The molecule has 1 unspecified atom stereocenters. The second kappa shape index (κ2) is 5.50. The third kappa shape index (κ3) is 2.89. The van der Waals surface area contributed by atoms with Gasteiger partial charge in [-0.15, -0.1) is 0 Å². The highest BCUT2D eigenvalue weighted by molar-refractivity contribution is 6.36. The number of rotatable bonds is 4. The van der Waals surface area contributed by atoms with Crippen molar-refractivity contribution in [1.29, 1.82) is 0 Å². The highest BCUT2D eigenvalue weighted by atomic mass is 35.5. The quantitative estimate of drug-likeness (QED) is 0.926. The van der Waals surface area contributed by atoms with Gasteiger partial charge in [-0.25, -0.2) is 4.79 Å². The van der Waals surface area contributed by atoms with E-state index in [0.717, 1.165) is 5.56 Å². The molecule has 0 spiro atoms.